The summed E-state index contributed by atoms with van der Waals surface area (Å²) in [6, 6.07) is 12.7. The van der Waals surface area contributed by atoms with Crippen molar-refractivity contribution in [2.45, 2.75) is 13.5 Å². The van der Waals surface area contributed by atoms with E-state index in [0.29, 0.717) is 23.4 Å². The van der Waals surface area contributed by atoms with Gasteiger partial charge in [0.05, 0.1) is 11.1 Å². The average Bonchev–Trinajstić information content (AvgIpc) is 2.69. The van der Waals surface area contributed by atoms with Crippen LogP contribution in [-0.2, 0) is 6.54 Å². The molecule has 0 saturated heterocycles. The van der Waals surface area contributed by atoms with E-state index in [1.54, 1.807) is 12.4 Å². The highest BCUT2D eigenvalue weighted by Gasteiger charge is 2.11. The van der Waals surface area contributed by atoms with Gasteiger partial charge < -0.3 is 10.6 Å². The summed E-state index contributed by atoms with van der Waals surface area (Å²) < 4.78 is 0. The fourth-order valence-corrected chi connectivity index (χ4v) is 2.31. The number of anilines is 1. The minimum atomic E-state index is -0.315. The zero-order valence-electron chi connectivity index (χ0n) is 14.3. The van der Waals surface area contributed by atoms with Crippen LogP contribution in [-0.4, -0.2) is 21.8 Å². The molecule has 6 heteroatoms. The third-order valence-corrected chi connectivity index (χ3v) is 3.77. The number of hydrogen-bond acceptors (Lipinski definition) is 4. The monoisotopic (exact) mass is 346 g/mol. The van der Waals surface area contributed by atoms with Crippen molar-refractivity contribution in [1.82, 2.24) is 15.3 Å². The van der Waals surface area contributed by atoms with Crippen molar-refractivity contribution in [2.75, 3.05) is 5.32 Å². The first-order chi connectivity index (χ1) is 12.6. The SMILES string of the molecule is Cc1ccc(NC(=O)c2cncc(C(=O)NCc3ccncc3)c2)cc1. The Labute approximate surface area is 151 Å². The van der Waals surface area contributed by atoms with Crippen LogP contribution in [0.15, 0.2) is 67.3 Å². The van der Waals surface area contributed by atoms with Crippen LogP contribution in [0.25, 0.3) is 0 Å². The molecule has 3 rings (SSSR count). The lowest BCUT2D eigenvalue weighted by Gasteiger charge is -2.08. The Kier molecular flexibility index (Phi) is 5.34. The number of carbonyl (C=O) groups is 2. The minimum Gasteiger partial charge on any atom is -0.348 e. The van der Waals surface area contributed by atoms with E-state index in [0.717, 1.165) is 11.1 Å². The third-order valence-electron chi connectivity index (χ3n) is 3.77. The van der Waals surface area contributed by atoms with E-state index in [4.69, 9.17) is 0 Å². The summed E-state index contributed by atoms with van der Waals surface area (Å²) in [7, 11) is 0. The van der Waals surface area contributed by atoms with Crippen LogP contribution in [0.2, 0.25) is 0 Å². The van der Waals surface area contributed by atoms with Gasteiger partial charge in [0.1, 0.15) is 0 Å². The molecule has 1 aromatic carbocycles. The van der Waals surface area contributed by atoms with Crippen molar-refractivity contribution < 1.29 is 9.59 Å². The maximum atomic E-state index is 12.4. The zero-order chi connectivity index (χ0) is 18.4. The van der Waals surface area contributed by atoms with Crippen LogP contribution in [0.4, 0.5) is 5.69 Å². The number of rotatable bonds is 5. The molecule has 0 aliphatic heterocycles. The van der Waals surface area contributed by atoms with Crippen LogP contribution in [0.3, 0.4) is 0 Å². The van der Waals surface area contributed by atoms with Gasteiger partial charge in [-0.25, -0.2) is 0 Å². The predicted octanol–water partition coefficient (Wildman–Crippen LogP) is 2.97. The number of aromatic nitrogens is 2. The first-order valence-corrected chi connectivity index (χ1v) is 8.12. The van der Waals surface area contributed by atoms with Crippen molar-refractivity contribution in [1.29, 1.82) is 0 Å². The van der Waals surface area contributed by atoms with Gasteiger partial charge in [0.25, 0.3) is 11.8 Å². The highest BCUT2D eigenvalue weighted by atomic mass is 16.2. The molecular formula is C20H18N4O2. The van der Waals surface area contributed by atoms with Gasteiger partial charge in [0.2, 0.25) is 0 Å². The van der Waals surface area contributed by atoms with E-state index >= 15 is 0 Å². The second-order valence-corrected chi connectivity index (χ2v) is 5.82. The Bertz CT molecular complexity index is 909. The number of carbonyl (C=O) groups excluding carboxylic acids is 2. The highest BCUT2D eigenvalue weighted by molar-refractivity contribution is 6.05. The van der Waals surface area contributed by atoms with Crippen molar-refractivity contribution in [3.05, 3.63) is 89.5 Å². The second kappa shape index (κ2) is 8.02. The third kappa shape index (κ3) is 4.51. The molecule has 6 nitrogen and oxygen atoms in total. The Morgan fingerprint density at radius 3 is 2.23 bits per heavy atom. The van der Waals surface area contributed by atoms with Crippen LogP contribution in [0.5, 0.6) is 0 Å². The summed E-state index contributed by atoms with van der Waals surface area (Å²) in [6.45, 7) is 2.35. The van der Waals surface area contributed by atoms with Gasteiger partial charge in [-0.3, -0.25) is 19.6 Å². The summed E-state index contributed by atoms with van der Waals surface area (Å²) in [5, 5.41) is 5.59. The molecule has 0 saturated carbocycles. The van der Waals surface area contributed by atoms with Crippen molar-refractivity contribution >= 4 is 17.5 Å². The first kappa shape index (κ1) is 17.3. The van der Waals surface area contributed by atoms with Crippen LogP contribution < -0.4 is 10.6 Å². The number of benzene rings is 1. The summed E-state index contributed by atoms with van der Waals surface area (Å²) in [4.78, 5) is 32.6. The van der Waals surface area contributed by atoms with Crippen LogP contribution in [0, 0.1) is 6.92 Å². The number of nitrogens with zero attached hydrogens (tertiary/aromatic N) is 2. The lowest BCUT2D eigenvalue weighted by Crippen LogP contribution is -2.23. The number of nitrogens with one attached hydrogen (secondary N) is 2. The van der Waals surface area contributed by atoms with E-state index in [-0.39, 0.29) is 11.8 Å². The Morgan fingerprint density at radius 2 is 1.54 bits per heavy atom. The quantitative estimate of drug-likeness (QED) is 0.744. The molecule has 130 valence electrons. The molecule has 2 N–H and O–H groups in total. The van der Waals surface area contributed by atoms with E-state index < -0.39 is 0 Å². The normalized spacial score (nSPS) is 10.2. The molecule has 2 amide bonds. The molecule has 2 heterocycles. The van der Waals surface area contributed by atoms with Gasteiger partial charge >= 0.3 is 0 Å². The fraction of sp³-hybridized carbons (Fsp3) is 0.100. The molecule has 0 spiro atoms. The van der Waals surface area contributed by atoms with Gasteiger partial charge in [-0.05, 0) is 42.8 Å². The summed E-state index contributed by atoms with van der Waals surface area (Å²) in [6.07, 6.45) is 6.20. The zero-order valence-corrected chi connectivity index (χ0v) is 14.3. The summed E-state index contributed by atoms with van der Waals surface area (Å²) in [5.74, 6) is -0.607. The largest absolute Gasteiger partial charge is 0.348 e. The molecule has 0 aliphatic rings. The molecule has 26 heavy (non-hydrogen) atoms. The standard InChI is InChI=1S/C20H18N4O2/c1-14-2-4-18(5-3-14)24-20(26)17-10-16(12-22-13-17)19(25)23-11-15-6-8-21-9-7-15/h2-10,12-13H,11H2,1H3,(H,23,25)(H,24,26). The van der Waals surface area contributed by atoms with Gasteiger partial charge in [0.15, 0.2) is 0 Å². The number of pyridine rings is 2. The average molecular weight is 346 g/mol. The summed E-state index contributed by atoms with van der Waals surface area (Å²) in [5.41, 5.74) is 3.39. The predicted molar refractivity (Wildman–Crippen MR) is 98.8 cm³/mol. The first-order valence-electron chi connectivity index (χ1n) is 8.12. The molecule has 0 radical (unpaired) electrons. The maximum Gasteiger partial charge on any atom is 0.257 e. The molecule has 3 aromatic rings. The topological polar surface area (TPSA) is 84.0 Å². The van der Waals surface area contributed by atoms with Gasteiger partial charge in [-0.15, -0.1) is 0 Å². The Balaban J connectivity index is 1.66. The molecule has 0 unspecified atom stereocenters. The summed E-state index contributed by atoms with van der Waals surface area (Å²) >= 11 is 0. The van der Waals surface area contributed by atoms with E-state index in [1.807, 2.05) is 43.3 Å². The maximum absolute atomic E-state index is 12.4. The molecule has 0 atom stereocenters. The smallest absolute Gasteiger partial charge is 0.257 e. The lowest BCUT2D eigenvalue weighted by molar-refractivity contribution is 0.0950. The minimum absolute atomic E-state index is 0.292. The highest BCUT2D eigenvalue weighted by Crippen LogP contribution is 2.11. The van der Waals surface area contributed by atoms with Crippen molar-refractivity contribution in [3.63, 3.8) is 0 Å². The molecule has 2 aromatic heterocycles. The molecule has 0 bridgehead atoms. The number of hydrogen-bond donors (Lipinski definition) is 2. The lowest BCUT2D eigenvalue weighted by atomic mass is 10.1. The fourth-order valence-electron chi connectivity index (χ4n) is 2.31. The van der Waals surface area contributed by atoms with E-state index in [1.165, 1.54) is 18.5 Å². The van der Waals surface area contributed by atoms with Crippen molar-refractivity contribution in [2.24, 2.45) is 0 Å². The van der Waals surface area contributed by atoms with E-state index in [2.05, 4.69) is 20.6 Å². The van der Waals surface area contributed by atoms with Crippen LogP contribution >= 0.6 is 0 Å². The van der Waals surface area contributed by atoms with Gasteiger partial charge in [0, 0.05) is 37.0 Å². The Morgan fingerprint density at radius 1 is 0.885 bits per heavy atom. The van der Waals surface area contributed by atoms with Gasteiger partial charge in [-0.1, -0.05) is 17.7 Å². The van der Waals surface area contributed by atoms with Crippen molar-refractivity contribution in [3.8, 4) is 0 Å². The molecular weight excluding hydrogens is 328 g/mol. The molecule has 0 aliphatic carbocycles. The Hall–Kier alpha value is -3.54. The van der Waals surface area contributed by atoms with Crippen LogP contribution in [0.1, 0.15) is 31.8 Å². The van der Waals surface area contributed by atoms with Gasteiger partial charge in [-0.2, -0.15) is 0 Å². The van der Waals surface area contributed by atoms with E-state index in [9.17, 15) is 9.59 Å². The number of aryl methyl sites for hydroxylation is 1. The number of amides is 2. The second-order valence-electron chi connectivity index (χ2n) is 5.82. The molecule has 0 fully saturated rings.